The number of nitrogens with zero attached hydrogens (tertiary/aromatic N) is 3. The van der Waals surface area contributed by atoms with Crippen LogP contribution < -0.4 is 0 Å². The van der Waals surface area contributed by atoms with Crippen molar-refractivity contribution in [2.45, 2.75) is 0 Å². The molecular formula is C15H21Cl3N6. The van der Waals surface area contributed by atoms with Gasteiger partial charge in [0, 0.05) is 37.2 Å². The standard InChI is InChI=1S/3C5H6N2.3ClH/c3*1-2-5-6-3-4-7-5;;;/h3*2-4H,1H2,(H,6,7);3*1H. The average molecular weight is 392 g/mol. The smallest absolute Gasteiger partial charge is 0.129 e. The van der Waals surface area contributed by atoms with E-state index in [0.29, 0.717) is 0 Å². The molecule has 0 saturated heterocycles. The first-order valence-corrected chi connectivity index (χ1v) is 6.15. The van der Waals surface area contributed by atoms with Gasteiger partial charge in [-0.2, -0.15) is 0 Å². The van der Waals surface area contributed by atoms with E-state index >= 15 is 0 Å². The Hall–Kier alpha value is -2.28. The summed E-state index contributed by atoms with van der Waals surface area (Å²) >= 11 is 0. The molecule has 9 heteroatoms. The molecule has 3 N–H and O–H groups in total. The van der Waals surface area contributed by atoms with Crippen molar-refractivity contribution in [1.29, 1.82) is 0 Å². The fourth-order valence-corrected chi connectivity index (χ4v) is 1.17. The van der Waals surface area contributed by atoms with Crippen LogP contribution in [0.1, 0.15) is 17.5 Å². The van der Waals surface area contributed by atoms with E-state index in [1.54, 1.807) is 55.4 Å². The van der Waals surface area contributed by atoms with Crippen LogP contribution in [-0.2, 0) is 0 Å². The van der Waals surface area contributed by atoms with Gasteiger partial charge in [0.15, 0.2) is 0 Å². The summed E-state index contributed by atoms with van der Waals surface area (Å²) in [5, 5.41) is 0. The normalized spacial score (nSPS) is 7.50. The fraction of sp³-hybridized carbons (Fsp3) is 0. The minimum atomic E-state index is 0. The van der Waals surface area contributed by atoms with Crippen LogP contribution in [0.25, 0.3) is 18.2 Å². The van der Waals surface area contributed by atoms with Crippen LogP contribution in [0.5, 0.6) is 0 Å². The SMILES string of the molecule is C=Cc1ncc[nH]1.C=Cc1ncc[nH]1.C=Cc1ncc[nH]1.Cl.Cl.Cl. The number of aromatic amines is 3. The Morgan fingerprint density at radius 1 is 0.583 bits per heavy atom. The highest BCUT2D eigenvalue weighted by Crippen LogP contribution is 1.87. The number of hydrogen-bond acceptors (Lipinski definition) is 3. The third-order valence-corrected chi connectivity index (χ3v) is 2.14. The summed E-state index contributed by atoms with van der Waals surface area (Å²) in [6.07, 6.45) is 15.4. The van der Waals surface area contributed by atoms with Crippen molar-refractivity contribution in [3.05, 3.63) is 74.4 Å². The number of rotatable bonds is 3. The molecule has 0 saturated carbocycles. The first kappa shape index (κ1) is 26.6. The molecule has 3 rings (SSSR count). The van der Waals surface area contributed by atoms with Crippen molar-refractivity contribution in [2.75, 3.05) is 0 Å². The summed E-state index contributed by atoms with van der Waals surface area (Å²) in [5.74, 6) is 2.46. The first-order valence-electron chi connectivity index (χ1n) is 6.15. The van der Waals surface area contributed by atoms with E-state index in [0.717, 1.165) is 17.5 Å². The predicted molar refractivity (Wildman–Crippen MR) is 108 cm³/mol. The topological polar surface area (TPSA) is 86.0 Å². The third kappa shape index (κ3) is 11.3. The third-order valence-electron chi connectivity index (χ3n) is 2.14. The molecule has 0 atom stereocenters. The molecule has 0 radical (unpaired) electrons. The molecular weight excluding hydrogens is 371 g/mol. The zero-order valence-electron chi connectivity index (χ0n) is 12.9. The summed E-state index contributed by atoms with van der Waals surface area (Å²) in [6, 6.07) is 0. The van der Waals surface area contributed by atoms with Crippen molar-refractivity contribution in [2.24, 2.45) is 0 Å². The van der Waals surface area contributed by atoms with E-state index in [4.69, 9.17) is 0 Å². The van der Waals surface area contributed by atoms with E-state index in [9.17, 15) is 0 Å². The lowest BCUT2D eigenvalue weighted by Crippen LogP contribution is -1.67. The first-order chi connectivity index (χ1) is 10.3. The van der Waals surface area contributed by atoms with Gasteiger partial charge in [0.1, 0.15) is 17.5 Å². The van der Waals surface area contributed by atoms with Crippen molar-refractivity contribution in [3.8, 4) is 0 Å². The largest absolute Gasteiger partial charge is 0.345 e. The molecule has 0 fully saturated rings. The highest BCUT2D eigenvalue weighted by molar-refractivity contribution is 5.86. The maximum Gasteiger partial charge on any atom is 0.129 e. The molecule has 3 heterocycles. The fourth-order valence-electron chi connectivity index (χ4n) is 1.17. The quantitative estimate of drug-likeness (QED) is 0.617. The maximum absolute atomic E-state index is 3.86. The predicted octanol–water partition coefficient (Wildman–Crippen LogP) is 4.42. The molecule has 0 aliphatic heterocycles. The Morgan fingerprint density at radius 3 is 0.917 bits per heavy atom. The van der Waals surface area contributed by atoms with Crippen LogP contribution in [0, 0.1) is 0 Å². The van der Waals surface area contributed by atoms with Gasteiger partial charge in [-0.15, -0.1) is 37.2 Å². The zero-order chi connectivity index (χ0) is 15.3. The molecule has 0 spiro atoms. The second-order valence-electron chi connectivity index (χ2n) is 3.54. The number of hydrogen-bond donors (Lipinski definition) is 3. The summed E-state index contributed by atoms with van der Waals surface area (Å²) in [7, 11) is 0. The number of imidazole rings is 3. The van der Waals surface area contributed by atoms with E-state index in [2.05, 4.69) is 49.6 Å². The van der Waals surface area contributed by atoms with Crippen LogP contribution in [0.4, 0.5) is 0 Å². The Bertz CT molecular complexity index is 527. The molecule has 0 aliphatic rings. The van der Waals surface area contributed by atoms with Gasteiger partial charge in [-0.1, -0.05) is 19.7 Å². The lowest BCUT2D eigenvalue weighted by atomic mass is 10.6. The molecule has 24 heavy (non-hydrogen) atoms. The summed E-state index contributed by atoms with van der Waals surface area (Å²) < 4.78 is 0. The summed E-state index contributed by atoms with van der Waals surface area (Å²) in [4.78, 5) is 20.2. The Kier molecular flexibility index (Phi) is 18.9. The van der Waals surface area contributed by atoms with Crippen LogP contribution in [-0.4, -0.2) is 29.9 Å². The second kappa shape index (κ2) is 17.1. The van der Waals surface area contributed by atoms with Crippen LogP contribution in [0.2, 0.25) is 0 Å². The Morgan fingerprint density at radius 2 is 0.833 bits per heavy atom. The monoisotopic (exact) mass is 390 g/mol. The Labute approximate surface area is 159 Å². The minimum absolute atomic E-state index is 0. The molecule has 6 nitrogen and oxygen atoms in total. The molecule has 3 aromatic rings. The van der Waals surface area contributed by atoms with Gasteiger partial charge in [0.25, 0.3) is 0 Å². The van der Waals surface area contributed by atoms with Gasteiger partial charge in [-0.25, -0.2) is 15.0 Å². The van der Waals surface area contributed by atoms with Crippen molar-refractivity contribution in [1.82, 2.24) is 29.9 Å². The van der Waals surface area contributed by atoms with Gasteiger partial charge in [0.2, 0.25) is 0 Å². The van der Waals surface area contributed by atoms with Crippen LogP contribution in [0.3, 0.4) is 0 Å². The average Bonchev–Trinajstić information content (AvgIpc) is 3.31. The molecule has 0 unspecified atom stereocenters. The molecule has 132 valence electrons. The van der Waals surface area contributed by atoms with E-state index < -0.39 is 0 Å². The molecule has 0 aliphatic carbocycles. The van der Waals surface area contributed by atoms with Gasteiger partial charge in [-0.3, -0.25) is 0 Å². The highest BCUT2D eigenvalue weighted by atomic mass is 35.5. The number of halogens is 3. The van der Waals surface area contributed by atoms with Crippen molar-refractivity contribution >= 4 is 55.4 Å². The molecule has 0 aromatic carbocycles. The van der Waals surface area contributed by atoms with Gasteiger partial charge >= 0.3 is 0 Å². The molecule has 0 bridgehead atoms. The van der Waals surface area contributed by atoms with Crippen molar-refractivity contribution in [3.63, 3.8) is 0 Å². The molecule has 0 amide bonds. The Balaban J connectivity index is -0.000000259. The van der Waals surface area contributed by atoms with Crippen molar-refractivity contribution < 1.29 is 0 Å². The van der Waals surface area contributed by atoms with Gasteiger partial charge < -0.3 is 15.0 Å². The zero-order valence-corrected chi connectivity index (χ0v) is 15.3. The second-order valence-corrected chi connectivity index (χ2v) is 3.54. The van der Waals surface area contributed by atoms with E-state index in [-0.39, 0.29) is 37.2 Å². The maximum atomic E-state index is 3.86. The molecule has 3 aromatic heterocycles. The van der Waals surface area contributed by atoms with Crippen LogP contribution >= 0.6 is 37.2 Å². The van der Waals surface area contributed by atoms with Crippen LogP contribution in [0.15, 0.2) is 56.9 Å². The minimum Gasteiger partial charge on any atom is -0.345 e. The van der Waals surface area contributed by atoms with E-state index in [1.807, 2.05) is 0 Å². The lowest BCUT2D eigenvalue weighted by molar-refractivity contribution is 1.27. The number of nitrogens with one attached hydrogen (secondary N) is 3. The highest BCUT2D eigenvalue weighted by Gasteiger charge is 1.79. The number of aromatic nitrogens is 6. The van der Waals surface area contributed by atoms with Gasteiger partial charge in [-0.05, 0) is 18.2 Å². The lowest BCUT2D eigenvalue weighted by Gasteiger charge is -1.73. The summed E-state index contributed by atoms with van der Waals surface area (Å²) in [6.45, 7) is 10.5. The number of H-pyrrole nitrogens is 3. The summed E-state index contributed by atoms with van der Waals surface area (Å²) in [5.41, 5.74) is 0. The van der Waals surface area contributed by atoms with Gasteiger partial charge in [0.05, 0.1) is 0 Å². The van der Waals surface area contributed by atoms with E-state index in [1.165, 1.54) is 0 Å².